The van der Waals surface area contributed by atoms with E-state index in [1.54, 1.807) is 6.92 Å². The van der Waals surface area contributed by atoms with E-state index in [1.165, 1.54) is 11.4 Å². The highest BCUT2D eigenvalue weighted by Crippen LogP contribution is 2.14. The molecular weight excluding hydrogens is 300 g/mol. The van der Waals surface area contributed by atoms with Crippen molar-refractivity contribution in [2.45, 2.75) is 31.7 Å². The molecule has 1 aliphatic heterocycles. The van der Waals surface area contributed by atoms with Crippen molar-refractivity contribution in [3.63, 3.8) is 0 Å². The van der Waals surface area contributed by atoms with Gasteiger partial charge in [-0.2, -0.15) is 0 Å². The highest BCUT2D eigenvalue weighted by atomic mass is 32.2. The smallest absolute Gasteiger partial charge is 0.305 e. The molecule has 1 rings (SSSR count). The lowest BCUT2D eigenvalue weighted by molar-refractivity contribution is -0.139. The summed E-state index contributed by atoms with van der Waals surface area (Å²) >= 11 is 0. The molecule has 1 saturated heterocycles. The first-order valence-electron chi connectivity index (χ1n) is 6.68. The summed E-state index contributed by atoms with van der Waals surface area (Å²) < 4.78 is 29.4. The van der Waals surface area contributed by atoms with Gasteiger partial charge < -0.3 is 15.2 Å². The number of hydrogen-bond acceptors (Lipinski definition) is 5. The number of nitrogens with one attached hydrogen (secondary N) is 1. The van der Waals surface area contributed by atoms with Crippen LogP contribution in [0.1, 0.15) is 26.2 Å². The van der Waals surface area contributed by atoms with Crippen LogP contribution >= 0.6 is 0 Å². The van der Waals surface area contributed by atoms with Crippen molar-refractivity contribution in [2.24, 2.45) is 0 Å². The van der Waals surface area contributed by atoms with E-state index in [9.17, 15) is 18.0 Å². The summed E-state index contributed by atoms with van der Waals surface area (Å²) in [5.41, 5.74) is -1.01. The summed E-state index contributed by atoms with van der Waals surface area (Å²) in [6.45, 7) is 2.19. The van der Waals surface area contributed by atoms with Crippen molar-refractivity contribution >= 4 is 21.9 Å². The number of carbonyl (C=O) groups is 2. The molecule has 0 aromatic heterocycles. The molecule has 0 spiro atoms. The molecule has 2 N–H and O–H groups in total. The fourth-order valence-electron chi connectivity index (χ4n) is 2.35. The first kappa shape index (κ1) is 17.9. The molecule has 1 aliphatic rings. The van der Waals surface area contributed by atoms with Gasteiger partial charge in [0.15, 0.2) is 0 Å². The lowest BCUT2D eigenvalue weighted by Gasteiger charge is -2.28. The van der Waals surface area contributed by atoms with Crippen molar-refractivity contribution < 1.29 is 27.9 Å². The highest BCUT2D eigenvalue weighted by Gasteiger charge is 2.31. The SMILES string of the molecule is COCC(C)(CC(=O)O)NC(=O)CCN1CCCS1(=O)=O. The van der Waals surface area contributed by atoms with Gasteiger partial charge in [-0.05, 0) is 13.3 Å². The molecule has 1 unspecified atom stereocenters. The van der Waals surface area contributed by atoms with Crippen LogP contribution < -0.4 is 5.32 Å². The standard InChI is InChI=1S/C12H22N2O6S/c1-12(9-20-2,8-11(16)17)13-10(15)4-6-14-5-3-7-21(14,18)19/h3-9H2,1-2H3,(H,13,15)(H,16,17). The van der Waals surface area contributed by atoms with E-state index in [2.05, 4.69) is 5.32 Å². The summed E-state index contributed by atoms with van der Waals surface area (Å²) in [4.78, 5) is 22.7. The second kappa shape index (κ2) is 7.19. The van der Waals surface area contributed by atoms with Crippen LogP contribution in [0.2, 0.25) is 0 Å². The Hall–Kier alpha value is -1.19. The number of nitrogens with zero attached hydrogens (tertiary/aromatic N) is 1. The first-order chi connectivity index (χ1) is 9.68. The Morgan fingerprint density at radius 2 is 2.10 bits per heavy atom. The van der Waals surface area contributed by atoms with Crippen LogP contribution in [0.5, 0.6) is 0 Å². The number of carboxylic acids is 1. The van der Waals surface area contributed by atoms with Gasteiger partial charge in [0.1, 0.15) is 0 Å². The average Bonchev–Trinajstić information content (AvgIpc) is 2.64. The third-order valence-electron chi connectivity index (χ3n) is 3.24. The molecule has 122 valence electrons. The number of methoxy groups -OCH3 is 1. The van der Waals surface area contributed by atoms with Crippen LogP contribution in [0.15, 0.2) is 0 Å². The zero-order valence-corrected chi connectivity index (χ0v) is 13.1. The Labute approximate surface area is 124 Å². The Kier molecular flexibility index (Phi) is 6.11. The van der Waals surface area contributed by atoms with Gasteiger partial charge in [-0.15, -0.1) is 0 Å². The molecule has 8 nitrogen and oxygen atoms in total. The van der Waals surface area contributed by atoms with Crippen molar-refractivity contribution in [1.82, 2.24) is 9.62 Å². The maximum Gasteiger partial charge on any atom is 0.305 e. The van der Waals surface area contributed by atoms with E-state index >= 15 is 0 Å². The number of carboxylic acid groups (broad SMARTS) is 1. The van der Waals surface area contributed by atoms with E-state index in [0.717, 1.165) is 0 Å². The van der Waals surface area contributed by atoms with Gasteiger partial charge in [-0.3, -0.25) is 9.59 Å². The normalized spacial score (nSPS) is 20.9. The lowest BCUT2D eigenvalue weighted by Crippen LogP contribution is -2.51. The predicted molar refractivity (Wildman–Crippen MR) is 75.3 cm³/mol. The van der Waals surface area contributed by atoms with Gasteiger partial charge in [-0.1, -0.05) is 0 Å². The molecule has 1 fully saturated rings. The molecule has 0 aliphatic carbocycles. The fourth-order valence-corrected chi connectivity index (χ4v) is 3.88. The van der Waals surface area contributed by atoms with E-state index in [4.69, 9.17) is 9.84 Å². The predicted octanol–water partition coefficient (Wildman–Crippen LogP) is -0.592. The minimum atomic E-state index is -3.22. The Morgan fingerprint density at radius 1 is 1.43 bits per heavy atom. The molecule has 21 heavy (non-hydrogen) atoms. The molecule has 1 amide bonds. The Morgan fingerprint density at radius 3 is 2.57 bits per heavy atom. The van der Waals surface area contributed by atoms with Gasteiger partial charge in [0.25, 0.3) is 0 Å². The number of aliphatic carboxylic acids is 1. The molecule has 0 radical (unpaired) electrons. The minimum Gasteiger partial charge on any atom is -0.481 e. The number of amides is 1. The fraction of sp³-hybridized carbons (Fsp3) is 0.833. The van der Waals surface area contributed by atoms with Crippen molar-refractivity contribution in [3.8, 4) is 0 Å². The van der Waals surface area contributed by atoms with Crippen LogP contribution in [0, 0.1) is 0 Å². The number of rotatable bonds is 8. The third kappa shape index (κ3) is 5.60. The quantitative estimate of drug-likeness (QED) is 0.617. The van der Waals surface area contributed by atoms with E-state index in [0.29, 0.717) is 13.0 Å². The molecule has 0 bridgehead atoms. The van der Waals surface area contributed by atoms with Crippen molar-refractivity contribution in [3.05, 3.63) is 0 Å². The second-order valence-corrected chi connectivity index (χ2v) is 7.52. The maximum absolute atomic E-state index is 11.9. The second-order valence-electron chi connectivity index (χ2n) is 5.43. The van der Waals surface area contributed by atoms with Crippen LogP contribution in [0.4, 0.5) is 0 Å². The van der Waals surface area contributed by atoms with Crippen molar-refractivity contribution in [2.75, 3.05) is 32.6 Å². The van der Waals surface area contributed by atoms with Crippen LogP contribution in [0.3, 0.4) is 0 Å². The molecule has 1 heterocycles. The summed E-state index contributed by atoms with van der Waals surface area (Å²) in [6, 6.07) is 0. The third-order valence-corrected chi connectivity index (χ3v) is 5.19. The number of hydrogen-bond donors (Lipinski definition) is 2. The van der Waals surface area contributed by atoms with Crippen molar-refractivity contribution in [1.29, 1.82) is 0 Å². The minimum absolute atomic E-state index is 0.00183. The Balaban J connectivity index is 2.52. The summed E-state index contributed by atoms with van der Waals surface area (Å²) in [5.74, 6) is -1.32. The highest BCUT2D eigenvalue weighted by molar-refractivity contribution is 7.89. The van der Waals surface area contributed by atoms with E-state index < -0.39 is 27.4 Å². The van der Waals surface area contributed by atoms with Gasteiger partial charge in [0, 0.05) is 26.6 Å². The topological polar surface area (TPSA) is 113 Å². The molecule has 0 saturated carbocycles. The number of ether oxygens (including phenoxy) is 1. The maximum atomic E-state index is 11.9. The number of carbonyl (C=O) groups excluding carboxylic acids is 1. The summed E-state index contributed by atoms with van der Waals surface area (Å²) in [5, 5.41) is 11.5. The summed E-state index contributed by atoms with van der Waals surface area (Å²) in [6.07, 6.45) is 0.303. The Bertz CT molecular complexity index is 492. The number of sulfonamides is 1. The van der Waals surface area contributed by atoms with Crippen LogP contribution in [-0.4, -0.2) is 67.8 Å². The molecule has 1 atom stereocenters. The molecular formula is C12H22N2O6S. The van der Waals surface area contributed by atoms with Gasteiger partial charge >= 0.3 is 5.97 Å². The average molecular weight is 322 g/mol. The zero-order chi connectivity index (χ0) is 16.1. The van der Waals surface area contributed by atoms with E-state index in [1.807, 2.05) is 0 Å². The molecule has 0 aromatic rings. The van der Waals surface area contributed by atoms with Crippen LogP contribution in [-0.2, 0) is 24.3 Å². The van der Waals surface area contributed by atoms with E-state index in [-0.39, 0.29) is 31.7 Å². The largest absolute Gasteiger partial charge is 0.481 e. The van der Waals surface area contributed by atoms with Gasteiger partial charge in [0.2, 0.25) is 15.9 Å². The molecule has 9 heteroatoms. The zero-order valence-electron chi connectivity index (χ0n) is 12.3. The first-order valence-corrected chi connectivity index (χ1v) is 8.29. The summed E-state index contributed by atoms with van der Waals surface area (Å²) in [7, 11) is -1.80. The van der Waals surface area contributed by atoms with Crippen LogP contribution in [0.25, 0.3) is 0 Å². The lowest BCUT2D eigenvalue weighted by atomic mass is 9.98. The van der Waals surface area contributed by atoms with Gasteiger partial charge in [0.05, 0.1) is 24.3 Å². The van der Waals surface area contributed by atoms with Gasteiger partial charge in [-0.25, -0.2) is 12.7 Å². The monoisotopic (exact) mass is 322 g/mol. The molecule has 0 aromatic carbocycles.